The Morgan fingerprint density at radius 1 is 1.30 bits per heavy atom. The minimum atomic E-state index is -0.442. The quantitative estimate of drug-likeness (QED) is 0.772. The van der Waals surface area contributed by atoms with Gasteiger partial charge >= 0.3 is 0 Å². The summed E-state index contributed by atoms with van der Waals surface area (Å²) < 4.78 is 11.6. The van der Waals surface area contributed by atoms with Crippen molar-refractivity contribution >= 4 is 15.9 Å². The molecule has 1 aromatic carbocycles. The van der Waals surface area contributed by atoms with Crippen molar-refractivity contribution < 1.29 is 14.6 Å². The molecule has 20 heavy (non-hydrogen) atoms. The maximum Gasteiger partial charge on any atom is 0.231 e. The molecular weight excluding hydrogens is 320 g/mol. The van der Waals surface area contributed by atoms with E-state index in [0.717, 1.165) is 34.4 Å². The van der Waals surface area contributed by atoms with Crippen molar-refractivity contribution in [1.29, 1.82) is 0 Å². The van der Waals surface area contributed by atoms with Crippen LogP contribution in [0.25, 0.3) is 0 Å². The Kier molecular flexibility index (Phi) is 5.73. The molecule has 0 saturated carbocycles. The molecule has 112 valence electrons. The lowest BCUT2D eigenvalue weighted by Gasteiger charge is -2.19. The topological polar surface area (TPSA) is 38.7 Å². The molecule has 0 aromatic heterocycles. The first-order valence-corrected chi connectivity index (χ1v) is 8.22. The third-order valence-corrected chi connectivity index (χ3v) is 4.52. The molecule has 0 amide bonds. The van der Waals surface area contributed by atoms with Crippen molar-refractivity contribution in [2.24, 2.45) is 5.92 Å². The first-order valence-electron chi connectivity index (χ1n) is 7.42. The van der Waals surface area contributed by atoms with Gasteiger partial charge in [-0.1, -0.05) is 39.5 Å². The minimum Gasteiger partial charge on any atom is -0.454 e. The van der Waals surface area contributed by atoms with Crippen molar-refractivity contribution in [3.8, 4) is 11.5 Å². The van der Waals surface area contributed by atoms with Gasteiger partial charge in [0.1, 0.15) is 0 Å². The van der Waals surface area contributed by atoms with E-state index in [1.54, 1.807) is 0 Å². The van der Waals surface area contributed by atoms with E-state index in [2.05, 4.69) is 29.8 Å². The average Bonchev–Trinajstić information content (AvgIpc) is 2.92. The predicted molar refractivity (Wildman–Crippen MR) is 83.1 cm³/mol. The molecule has 1 N–H and O–H groups in total. The normalized spacial score (nSPS) is 16.2. The van der Waals surface area contributed by atoms with Crippen LogP contribution < -0.4 is 9.47 Å². The Morgan fingerprint density at radius 3 is 2.80 bits per heavy atom. The molecular formula is C16H23BrO3. The maximum absolute atomic E-state index is 10.5. The second-order valence-electron chi connectivity index (χ2n) is 5.40. The third kappa shape index (κ3) is 3.67. The fourth-order valence-electron chi connectivity index (χ4n) is 2.61. The van der Waals surface area contributed by atoms with Crippen molar-refractivity contribution in [2.45, 2.75) is 52.1 Å². The lowest BCUT2D eigenvalue weighted by Crippen LogP contribution is -2.07. The molecule has 1 aliphatic heterocycles. The highest BCUT2D eigenvalue weighted by molar-refractivity contribution is 9.10. The molecule has 0 fully saturated rings. The summed E-state index contributed by atoms with van der Waals surface area (Å²) in [6, 6.07) is 3.83. The zero-order chi connectivity index (χ0) is 14.5. The number of hydrogen-bond acceptors (Lipinski definition) is 3. The number of rotatable bonds is 7. The van der Waals surface area contributed by atoms with Crippen LogP contribution in [0.15, 0.2) is 16.6 Å². The van der Waals surface area contributed by atoms with E-state index in [0.29, 0.717) is 5.92 Å². The molecule has 2 rings (SSSR count). The number of fused-ring (bicyclic) bond motifs is 1. The number of benzene rings is 1. The highest BCUT2D eigenvalue weighted by atomic mass is 79.9. The van der Waals surface area contributed by atoms with Crippen LogP contribution in [-0.4, -0.2) is 11.9 Å². The monoisotopic (exact) mass is 342 g/mol. The predicted octanol–water partition coefficient (Wildman–Crippen LogP) is 4.82. The Hall–Kier alpha value is -0.740. The van der Waals surface area contributed by atoms with Gasteiger partial charge in [-0.25, -0.2) is 0 Å². The highest BCUT2D eigenvalue weighted by Gasteiger charge is 2.22. The smallest absolute Gasteiger partial charge is 0.231 e. The van der Waals surface area contributed by atoms with E-state index in [4.69, 9.17) is 9.47 Å². The van der Waals surface area contributed by atoms with Crippen molar-refractivity contribution in [3.05, 3.63) is 22.2 Å². The zero-order valence-corrected chi connectivity index (χ0v) is 13.8. The van der Waals surface area contributed by atoms with Gasteiger partial charge in [-0.15, -0.1) is 0 Å². The van der Waals surface area contributed by atoms with E-state index in [1.807, 2.05) is 12.1 Å². The number of aliphatic hydroxyl groups is 1. The second-order valence-corrected chi connectivity index (χ2v) is 6.26. The van der Waals surface area contributed by atoms with E-state index in [1.165, 1.54) is 19.3 Å². The van der Waals surface area contributed by atoms with Gasteiger partial charge in [0.05, 0.1) is 10.6 Å². The van der Waals surface area contributed by atoms with E-state index < -0.39 is 6.10 Å². The largest absolute Gasteiger partial charge is 0.454 e. The number of ether oxygens (including phenoxy) is 2. The van der Waals surface area contributed by atoms with Crippen molar-refractivity contribution in [3.63, 3.8) is 0 Å². The molecule has 0 aliphatic carbocycles. The van der Waals surface area contributed by atoms with Gasteiger partial charge in [-0.2, -0.15) is 0 Å². The van der Waals surface area contributed by atoms with Gasteiger partial charge in [0.15, 0.2) is 11.5 Å². The molecule has 2 atom stereocenters. The van der Waals surface area contributed by atoms with Crippen molar-refractivity contribution in [2.75, 3.05) is 6.79 Å². The van der Waals surface area contributed by atoms with Gasteiger partial charge in [0.25, 0.3) is 0 Å². The summed E-state index contributed by atoms with van der Waals surface area (Å²) in [7, 11) is 0. The van der Waals surface area contributed by atoms with Gasteiger partial charge in [-0.05, 0) is 46.0 Å². The molecule has 3 nitrogen and oxygen atoms in total. The van der Waals surface area contributed by atoms with Gasteiger partial charge in [0.2, 0.25) is 6.79 Å². The van der Waals surface area contributed by atoms with Crippen LogP contribution in [0.1, 0.15) is 57.6 Å². The van der Waals surface area contributed by atoms with Crippen LogP contribution in [-0.2, 0) is 0 Å². The van der Waals surface area contributed by atoms with Crippen LogP contribution in [0.5, 0.6) is 11.5 Å². The SMILES string of the molecule is CCCCC(CC)CC(O)c1cc(Br)c2c(c1)OCO2. The number of aliphatic hydroxyl groups excluding tert-OH is 1. The first kappa shape index (κ1) is 15.6. The molecule has 4 heteroatoms. The molecule has 1 heterocycles. The van der Waals surface area contributed by atoms with Crippen LogP contribution in [0.2, 0.25) is 0 Å². The number of hydrogen-bond donors (Lipinski definition) is 1. The molecule has 0 radical (unpaired) electrons. The Balaban J connectivity index is 2.05. The first-order chi connectivity index (χ1) is 9.65. The summed E-state index contributed by atoms with van der Waals surface area (Å²) in [4.78, 5) is 0. The maximum atomic E-state index is 10.5. The van der Waals surface area contributed by atoms with E-state index >= 15 is 0 Å². The summed E-state index contributed by atoms with van der Waals surface area (Å²) in [6.07, 6.45) is 5.11. The summed E-state index contributed by atoms with van der Waals surface area (Å²) in [5, 5.41) is 10.5. The van der Waals surface area contributed by atoms with Crippen LogP contribution in [0.3, 0.4) is 0 Å². The zero-order valence-electron chi connectivity index (χ0n) is 12.2. The fraction of sp³-hybridized carbons (Fsp3) is 0.625. The van der Waals surface area contributed by atoms with Crippen LogP contribution in [0, 0.1) is 5.92 Å². The summed E-state index contributed by atoms with van der Waals surface area (Å²) in [5.41, 5.74) is 0.899. The van der Waals surface area contributed by atoms with Crippen LogP contribution in [0.4, 0.5) is 0 Å². The number of unbranched alkanes of at least 4 members (excludes halogenated alkanes) is 1. The molecule has 0 bridgehead atoms. The number of halogens is 1. The Bertz CT molecular complexity index is 448. The second kappa shape index (κ2) is 7.32. The minimum absolute atomic E-state index is 0.252. The Labute approximate surface area is 129 Å². The Morgan fingerprint density at radius 2 is 2.10 bits per heavy atom. The molecule has 0 spiro atoms. The van der Waals surface area contributed by atoms with Crippen LogP contribution >= 0.6 is 15.9 Å². The van der Waals surface area contributed by atoms with E-state index in [9.17, 15) is 5.11 Å². The summed E-state index contributed by atoms with van der Waals surface area (Å²) in [5.74, 6) is 2.03. The molecule has 1 aromatic rings. The standard InChI is InChI=1S/C16H23BrO3/c1-3-5-6-11(4-2)7-14(18)12-8-13(17)16-15(9-12)19-10-20-16/h8-9,11,14,18H,3-7,10H2,1-2H3. The van der Waals surface area contributed by atoms with E-state index in [-0.39, 0.29) is 6.79 Å². The summed E-state index contributed by atoms with van der Waals surface area (Å²) >= 11 is 3.48. The third-order valence-electron chi connectivity index (χ3n) is 3.93. The fourth-order valence-corrected chi connectivity index (χ4v) is 3.19. The van der Waals surface area contributed by atoms with Gasteiger partial charge < -0.3 is 14.6 Å². The average molecular weight is 343 g/mol. The molecule has 0 saturated heterocycles. The summed E-state index contributed by atoms with van der Waals surface area (Å²) in [6.45, 7) is 4.66. The lowest BCUT2D eigenvalue weighted by atomic mass is 9.90. The molecule has 2 unspecified atom stereocenters. The highest BCUT2D eigenvalue weighted by Crippen LogP contribution is 2.42. The van der Waals surface area contributed by atoms with Crippen molar-refractivity contribution in [1.82, 2.24) is 0 Å². The van der Waals surface area contributed by atoms with Gasteiger partial charge in [-0.3, -0.25) is 0 Å². The lowest BCUT2D eigenvalue weighted by molar-refractivity contribution is 0.138. The van der Waals surface area contributed by atoms with Gasteiger partial charge in [0, 0.05) is 0 Å². The molecule has 1 aliphatic rings.